The van der Waals surface area contributed by atoms with Gasteiger partial charge in [-0.05, 0) is 17.5 Å². The summed E-state index contributed by atoms with van der Waals surface area (Å²) in [5, 5.41) is 0. The molecule has 0 bridgehead atoms. The average molecular weight is 257 g/mol. The van der Waals surface area contributed by atoms with Crippen LogP contribution >= 0.6 is 12.2 Å². The van der Waals surface area contributed by atoms with Crippen LogP contribution < -0.4 is 15.2 Å². The SMILES string of the molecule is COc1cc(F)c(C(C)CC(N)=S)cc1OC. The van der Waals surface area contributed by atoms with Crippen LogP contribution in [-0.2, 0) is 0 Å². The van der Waals surface area contributed by atoms with Gasteiger partial charge in [-0.15, -0.1) is 0 Å². The largest absolute Gasteiger partial charge is 0.493 e. The van der Waals surface area contributed by atoms with Crippen molar-refractivity contribution in [3.05, 3.63) is 23.5 Å². The third-order valence-electron chi connectivity index (χ3n) is 2.54. The van der Waals surface area contributed by atoms with E-state index in [1.165, 1.54) is 20.3 Å². The topological polar surface area (TPSA) is 44.5 Å². The van der Waals surface area contributed by atoms with E-state index < -0.39 is 0 Å². The molecule has 0 saturated carbocycles. The molecule has 1 unspecified atom stereocenters. The van der Waals surface area contributed by atoms with E-state index in [0.717, 1.165) is 0 Å². The Balaban J connectivity index is 3.11. The predicted octanol–water partition coefficient (Wildman–Crippen LogP) is 2.62. The van der Waals surface area contributed by atoms with Crippen LogP contribution in [0.15, 0.2) is 12.1 Å². The van der Waals surface area contributed by atoms with E-state index in [1.807, 2.05) is 6.92 Å². The van der Waals surface area contributed by atoms with Crippen molar-refractivity contribution in [2.75, 3.05) is 14.2 Å². The fraction of sp³-hybridized carbons (Fsp3) is 0.417. The molecule has 0 amide bonds. The van der Waals surface area contributed by atoms with Crippen LogP contribution in [-0.4, -0.2) is 19.2 Å². The summed E-state index contributed by atoms with van der Waals surface area (Å²) in [7, 11) is 2.98. The minimum Gasteiger partial charge on any atom is -0.493 e. The highest BCUT2D eigenvalue weighted by Gasteiger charge is 2.16. The van der Waals surface area contributed by atoms with Crippen LogP contribution in [0.25, 0.3) is 0 Å². The minimum atomic E-state index is -0.341. The van der Waals surface area contributed by atoms with Crippen LogP contribution in [0.5, 0.6) is 11.5 Å². The molecule has 0 aliphatic rings. The molecule has 1 rings (SSSR count). The molecule has 3 nitrogen and oxygen atoms in total. The van der Waals surface area contributed by atoms with Gasteiger partial charge in [-0.25, -0.2) is 4.39 Å². The summed E-state index contributed by atoms with van der Waals surface area (Å²) in [5.41, 5.74) is 5.98. The maximum atomic E-state index is 13.8. The first-order valence-electron chi connectivity index (χ1n) is 5.19. The first-order valence-corrected chi connectivity index (χ1v) is 5.60. The number of hydrogen-bond donors (Lipinski definition) is 1. The van der Waals surface area contributed by atoms with Gasteiger partial charge in [0.15, 0.2) is 11.5 Å². The van der Waals surface area contributed by atoms with Gasteiger partial charge in [0.25, 0.3) is 0 Å². The molecule has 0 heterocycles. The molecule has 1 aromatic rings. The summed E-state index contributed by atoms with van der Waals surface area (Å²) < 4.78 is 24.0. The van der Waals surface area contributed by atoms with E-state index in [9.17, 15) is 4.39 Å². The lowest BCUT2D eigenvalue weighted by Gasteiger charge is -2.15. The van der Waals surface area contributed by atoms with E-state index in [-0.39, 0.29) is 11.7 Å². The van der Waals surface area contributed by atoms with Crippen LogP contribution in [0, 0.1) is 5.82 Å². The van der Waals surface area contributed by atoms with Crippen molar-refractivity contribution in [1.29, 1.82) is 0 Å². The average Bonchev–Trinajstić information content (AvgIpc) is 2.27. The summed E-state index contributed by atoms with van der Waals surface area (Å²) in [6.07, 6.45) is 0.460. The number of ether oxygens (including phenoxy) is 2. The summed E-state index contributed by atoms with van der Waals surface area (Å²) in [4.78, 5) is 0.367. The lowest BCUT2D eigenvalue weighted by molar-refractivity contribution is 0.351. The molecule has 0 fully saturated rings. The molecule has 0 saturated heterocycles. The maximum absolute atomic E-state index is 13.8. The minimum absolute atomic E-state index is 0.0905. The van der Waals surface area contributed by atoms with E-state index in [4.69, 9.17) is 27.4 Å². The van der Waals surface area contributed by atoms with Gasteiger partial charge in [0.1, 0.15) is 5.82 Å². The van der Waals surface area contributed by atoms with Crippen molar-refractivity contribution in [3.63, 3.8) is 0 Å². The van der Waals surface area contributed by atoms with Gasteiger partial charge in [-0.3, -0.25) is 0 Å². The number of nitrogens with two attached hydrogens (primary N) is 1. The quantitative estimate of drug-likeness (QED) is 0.824. The first-order chi connectivity index (χ1) is 7.99. The van der Waals surface area contributed by atoms with Gasteiger partial charge in [0.2, 0.25) is 0 Å². The zero-order chi connectivity index (χ0) is 13.0. The van der Waals surface area contributed by atoms with Gasteiger partial charge in [0.05, 0.1) is 19.2 Å². The molecular formula is C12H16FNO2S. The van der Waals surface area contributed by atoms with Crippen LogP contribution in [0.3, 0.4) is 0 Å². The smallest absolute Gasteiger partial charge is 0.163 e. The fourth-order valence-electron chi connectivity index (χ4n) is 1.66. The van der Waals surface area contributed by atoms with Gasteiger partial charge >= 0.3 is 0 Å². The molecule has 0 radical (unpaired) electrons. The van der Waals surface area contributed by atoms with Crippen LogP contribution in [0.4, 0.5) is 4.39 Å². The van der Waals surface area contributed by atoms with Gasteiger partial charge in [-0.1, -0.05) is 19.1 Å². The molecule has 1 aromatic carbocycles. The highest BCUT2D eigenvalue weighted by atomic mass is 32.1. The number of hydrogen-bond acceptors (Lipinski definition) is 3. The van der Waals surface area contributed by atoms with Crippen molar-refractivity contribution in [3.8, 4) is 11.5 Å². The van der Waals surface area contributed by atoms with E-state index in [0.29, 0.717) is 28.5 Å². The summed E-state index contributed by atoms with van der Waals surface area (Å²) in [5.74, 6) is 0.439. The van der Waals surface area contributed by atoms with E-state index in [1.54, 1.807) is 6.07 Å². The third-order valence-corrected chi connectivity index (χ3v) is 2.71. The maximum Gasteiger partial charge on any atom is 0.163 e. The number of halogens is 1. The van der Waals surface area contributed by atoms with Crippen molar-refractivity contribution in [1.82, 2.24) is 0 Å². The first kappa shape index (κ1) is 13.7. The van der Waals surface area contributed by atoms with E-state index in [2.05, 4.69) is 0 Å². The number of thiocarbonyl (C=S) groups is 1. The Morgan fingerprint density at radius 2 is 1.88 bits per heavy atom. The number of rotatable bonds is 5. The molecule has 5 heteroatoms. The second kappa shape index (κ2) is 5.82. The summed E-state index contributed by atoms with van der Waals surface area (Å²) in [6.45, 7) is 1.86. The standard InChI is InChI=1S/C12H16FNO2S/c1-7(4-12(14)17)8-5-10(15-2)11(16-3)6-9(8)13/h5-7H,4H2,1-3H3,(H2,14,17). The molecule has 2 N–H and O–H groups in total. The number of benzene rings is 1. The van der Waals surface area contributed by atoms with E-state index >= 15 is 0 Å². The molecule has 0 aromatic heterocycles. The Morgan fingerprint density at radius 3 is 2.35 bits per heavy atom. The van der Waals surface area contributed by atoms with Crippen molar-refractivity contribution >= 4 is 17.2 Å². The normalized spacial score (nSPS) is 12.0. The summed E-state index contributed by atoms with van der Waals surface area (Å²) in [6, 6.07) is 2.93. The zero-order valence-corrected chi connectivity index (χ0v) is 10.9. The fourth-order valence-corrected chi connectivity index (χ4v) is 1.91. The Hall–Kier alpha value is -1.36. The zero-order valence-electron chi connectivity index (χ0n) is 10.1. The molecule has 0 aliphatic heterocycles. The second-order valence-electron chi connectivity index (χ2n) is 3.80. The highest BCUT2D eigenvalue weighted by molar-refractivity contribution is 7.80. The lowest BCUT2D eigenvalue weighted by Crippen LogP contribution is -2.12. The molecular weight excluding hydrogens is 241 g/mol. The van der Waals surface area contributed by atoms with Crippen molar-refractivity contribution in [2.24, 2.45) is 5.73 Å². The molecule has 1 atom stereocenters. The Kier molecular flexibility index (Phi) is 4.69. The van der Waals surface area contributed by atoms with Gasteiger partial charge in [-0.2, -0.15) is 0 Å². The molecule has 94 valence electrons. The van der Waals surface area contributed by atoms with Crippen LogP contribution in [0.2, 0.25) is 0 Å². The third kappa shape index (κ3) is 3.30. The predicted molar refractivity (Wildman–Crippen MR) is 69.3 cm³/mol. The Morgan fingerprint density at radius 1 is 1.35 bits per heavy atom. The van der Waals surface area contributed by atoms with Crippen molar-refractivity contribution < 1.29 is 13.9 Å². The molecule has 17 heavy (non-hydrogen) atoms. The van der Waals surface area contributed by atoms with Gasteiger partial charge in [0, 0.05) is 12.5 Å². The Labute approximate surface area is 106 Å². The van der Waals surface area contributed by atoms with Gasteiger partial charge < -0.3 is 15.2 Å². The monoisotopic (exact) mass is 257 g/mol. The summed E-state index contributed by atoms with van der Waals surface area (Å²) >= 11 is 4.82. The highest BCUT2D eigenvalue weighted by Crippen LogP contribution is 2.33. The molecule has 0 spiro atoms. The number of methoxy groups -OCH3 is 2. The second-order valence-corrected chi connectivity index (χ2v) is 4.32. The Bertz CT molecular complexity index is 423. The lowest BCUT2D eigenvalue weighted by atomic mass is 9.96. The van der Waals surface area contributed by atoms with Crippen molar-refractivity contribution in [2.45, 2.75) is 19.3 Å². The molecule has 0 aliphatic carbocycles. The van der Waals surface area contributed by atoms with Crippen LogP contribution in [0.1, 0.15) is 24.8 Å².